The van der Waals surface area contributed by atoms with Crippen molar-refractivity contribution >= 4 is 21.8 Å². The summed E-state index contributed by atoms with van der Waals surface area (Å²) in [4.78, 5) is 14.3. The van der Waals surface area contributed by atoms with Crippen LogP contribution in [-0.2, 0) is 6.42 Å². The van der Waals surface area contributed by atoms with Crippen molar-refractivity contribution in [3.63, 3.8) is 0 Å². The predicted octanol–water partition coefficient (Wildman–Crippen LogP) is 3.49. The number of nitrogens with zero attached hydrogens (tertiary/aromatic N) is 1. The topological polar surface area (TPSA) is 32.3 Å². The van der Waals surface area contributed by atoms with Crippen LogP contribution < -0.4 is 5.32 Å². The summed E-state index contributed by atoms with van der Waals surface area (Å²) >= 11 is 3.26. The van der Waals surface area contributed by atoms with Gasteiger partial charge in [0.1, 0.15) is 5.82 Å². The van der Waals surface area contributed by atoms with Crippen LogP contribution in [-0.4, -0.2) is 37.5 Å². The van der Waals surface area contributed by atoms with Gasteiger partial charge in [0.05, 0.1) is 5.56 Å². The van der Waals surface area contributed by atoms with Crippen molar-refractivity contribution in [2.24, 2.45) is 0 Å². The molecule has 122 valence electrons. The summed E-state index contributed by atoms with van der Waals surface area (Å²) in [6, 6.07) is 14.6. The summed E-state index contributed by atoms with van der Waals surface area (Å²) in [6.07, 6.45) is 0.815. The second-order valence-electron chi connectivity index (χ2n) is 5.64. The molecule has 23 heavy (non-hydrogen) atoms. The van der Waals surface area contributed by atoms with Gasteiger partial charge in [0, 0.05) is 17.1 Å². The van der Waals surface area contributed by atoms with Gasteiger partial charge in [0.25, 0.3) is 5.91 Å². The van der Waals surface area contributed by atoms with Crippen LogP contribution in [0.25, 0.3) is 0 Å². The zero-order valence-corrected chi connectivity index (χ0v) is 14.8. The molecule has 0 bridgehead atoms. The third kappa shape index (κ3) is 5.15. The standard InChI is InChI=1S/C18H20BrFN2O/c1-22(2)15(10-13-6-4-3-5-7-13)12-21-18(23)16-11-14(19)8-9-17(16)20/h3-9,11,15H,10,12H2,1-2H3,(H,21,23)/t15-/m0/s1. The third-order valence-electron chi connectivity index (χ3n) is 3.72. The zero-order chi connectivity index (χ0) is 16.8. The molecule has 3 nitrogen and oxygen atoms in total. The lowest BCUT2D eigenvalue weighted by Crippen LogP contribution is -2.41. The van der Waals surface area contributed by atoms with Crippen LogP contribution in [0.4, 0.5) is 4.39 Å². The van der Waals surface area contributed by atoms with E-state index >= 15 is 0 Å². The Bertz CT molecular complexity index is 661. The molecule has 0 saturated heterocycles. The number of nitrogens with one attached hydrogen (secondary N) is 1. The maximum Gasteiger partial charge on any atom is 0.254 e. The SMILES string of the molecule is CN(C)[C@H](CNC(=O)c1cc(Br)ccc1F)Cc1ccccc1. The first-order chi connectivity index (χ1) is 11.0. The van der Waals surface area contributed by atoms with Crippen molar-refractivity contribution in [2.75, 3.05) is 20.6 Å². The molecule has 0 aliphatic heterocycles. The lowest BCUT2D eigenvalue weighted by molar-refractivity contribution is 0.0937. The van der Waals surface area contributed by atoms with Crippen molar-refractivity contribution in [3.8, 4) is 0 Å². The van der Waals surface area contributed by atoms with Crippen molar-refractivity contribution in [1.29, 1.82) is 0 Å². The molecule has 0 aromatic heterocycles. The summed E-state index contributed by atoms with van der Waals surface area (Å²) < 4.78 is 14.4. The number of hydrogen-bond donors (Lipinski definition) is 1. The second-order valence-corrected chi connectivity index (χ2v) is 6.56. The fourth-order valence-corrected chi connectivity index (χ4v) is 2.66. The molecule has 0 aliphatic rings. The maximum absolute atomic E-state index is 13.8. The highest BCUT2D eigenvalue weighted by Crippen LogP contribution is 2.15. The van der Waals surface area contributed by atoms with E-state index in [9.17, 15) is 9.18 Å². The lowest BCUT2D eigenvalue weighted by atomic mass is 10.0. The molecule has 0 fully saturated rings. The molecule has 1 amide bonds. The first kappa shape index (κ1) is 17.6. The van der Waals surface area contributed by atoms with E-state index in [1.165, 1.54) is 17.7 Å². The van der Waals surface area contributed by atoms with Crippen LogP contribution in [0.3, 0.4) is 0 Å². The van der Waals surface area contributed by atoms with Gasteiger partial charge in [0.15, 0.2) is 0 Å². The van der Waals surface area contributed by atoms with E-state index in [-0.39, 0.29) is 11.6 Å². The highest BCUT2D eigenvalue weighted by atomic mass is 79.9. The number of amides is 1. The molecule has 2 aromatic rings. The molecule has 0 saturated carbocycles. The molecule has 0 radical (unpaired) electrons. The Kier molecular flexibility index (Phi) is 6.30. The van der Waals surface area contributed by atoms with Gasteiger partial charge in [-0.05, 0) is 44.3 Å². The highest BCUT2D eigenvalue weighted by Gasteiger charge is 2.16. The van der Waals surface area contributed by atoms with Gasteiger partial charge in [0.2, 0.25) is 0 Å². The summed E-state index contributed by atoms with van der Waals surface area (Å²) in [6.45, 7) is 0.451. The average Bonchev–Trinajstić information content (AvgIpc) is 2.54. The molecule has 5 heteroatoms. The first-order valence-corrected chi connectivity index (χ1v) is 8.20. The van der Waals surface area contributed by atoms with Gasteiger partial charge in [-0.1, -0.05) is 46.3 Å². The molecule has 2 rings (SSSR count). The minimum atomic E-state index is -0.518. The van der Waals surface area contributed by atoms with E-state index in [0.29, 0.717) is 11.0 Å². The summed E-state index contributed by atoms with van der Waals surface area (Å²) in [5.41, 5.74) is 1.26. The fourth-order valence-electron chi connectivity index (χ4n) is 2.30. The number of carbonyl (C=O) groups is 1. The summed E-state index contributed by atoms with van der Waals surface area (Å²) in [7, 11) is 3.94. The highest BCUT2D eigenvalue weighted by molar-refractivity contribution is 9.10. The minimum Gasteiger partial charge on any atom is -0.350 e. The molecule has 2 aromatic carbocycles. The van der Waals surface area contributed by atoms with Crippen LogP contribution in [0.2, 0.25) is 0 Å². The number of carbonyl (C=O) groups excluding carboxylic acids is 1. The number of rotatable bonds is 6. The van der Waals surface area contributed by atoms with Gasteiger partial charge in [-0.15, -0.1) is 0 Å². The van der Waals surface area contributed by atoms with Crippen molar-refractivity contribution in [3.05, 3.63) is 69.9 Å². The Balaban J connectivity index is 2.01. The van der Waals surface area contributed by atoms with Crippen LogP contribution in [0, 0.1) is 5.82 Å². The molecular weight excluding hydrogens is 359 g/mol. The van der Waals surface area contributed by atoms with Gasteiger partial charge in [-0.25, -0.2) is 4.39 Å². The van der Waals surface area contributed by atoms with E-state index in [1.54, 1.807) is 6.07 Å². The van der Waals surface area contributed by atoms with Gasteiger partial charge < -0.3 is 10.2 Å². The number of hydrogen-bond acceptors (Lipinski definition) is 2. The van der Waals surface area contributed by atoms with Gasteiger partial charge >= 0.3 is 0 Å². The molecule has 0 heterocycles. The van der Waals surface area contributed by atoms with Crippen LogP contribution >= 0.6 is 15.9 Å². The number of halogens is 2. The summed E-state index contributed by atoms with van der Waals surface area (Å²) in [5, 5.41) is 2.83. The largest absolute Gasteiger partial charge is 0.350 e. The Hall–Kier alpha value is -1.72. The van der Waals surface area contributed by atoms with Crippen molar-refractivity contribution in [1.82, 2.24) is 10.2 Å². The van der Waals surface area contributed by atoms with E-state index in [1.807, 2.05) is 32.3 Å². The van der Waals surface area contributed by atoms with Crippen molar-refractivity contribution in [2.45, 2.75) is 12.5 Å². The van der Waals surface area contributed by atoms with Crippen LogP contribution in [0.5, 0.6) is 0 Å². The Morgan fingerprint density at radius 2 is 1.91 bits per heavy atom. The molecule has 0 unspecified atom stereocenters. The Labute approximate surface area is 144 Å². The average molecular weight is 379 g/mol. The third-order valence-corrected chi connectivity index (χ3v) is 4.21. The molecule has 1 N–H and O–H groups in total. The van der Waals surface area contributed by atoms with Crippen LogP contribution in [0.15, 0.2) is 53.0 Å². The summed E-state index contributed by atoms with van der Waals surface area (Å²) in [5.74, 6) is -0.918. The van der Waals surface area contributed by atoms with Crippen molar-refractivity contribution < 1.29 is 9.18 Å². The van der Waals surface area contributed by atoms with Gasteiger partial charge in [-0.2, -0.15) is 0 Å². The Morgan fingerprint density at radius 1 is 1.22 bits per heavy atom. The molecule has 1 atom stereocenters. The van der Waals surface area contributed by atoms with E-state index in [0.717, 1.165) is 6.42 Å². The normalized spacial score (nSPS) is 12.2. The van der Waals surface area contributed by atoms with Gasteiger partial charge in [-0.3, -0.25) is 4.79 Å². The monoisotopic (exact) mass is 378 g/mol. The second kappa shape index (κ2) is 8.22. The smallest absolute Gasteiger partial charge is 0.254 e. The fraction of sp³-hybridized carbons (Fsp3) is 0.278. The van der Waals surface area contributed by atoms with E-state index in [2.05, 4.69) is 38.3 Å². The molecular formula is C18H20BrFN2O. The number of likely N-dealkylation sites (N-methyl/N-ethyl adjacent to an activating group) is 1. The lowest BCUT2D eigenvalue weighted by Gasteiger charge is -2.25. The van der Waals surface area contributed by atoms with Crippen LogP contribution in [0.1, 0.15) is 15.9 Å². The minimum absolute atomic E-state index is 0.0524. The zero-order valence-electron chi connectivity index (χ0n) is 13.2. The predicted molar refractivity (Wildman–Crippen MR) is 94.1 cm³/mol. The molecule has 0 aliphatic carbocycles. The van der Waals surface area contributed by atoms with E-state index in [4.69, 9.17) is 0 Å². The first-order valence-electron chi connectivity index (χ1n) is 7.41. The molecule has 0 spiro atoms. The number of benzene rings is 2. The maximum atomic E-state index is 13.8. The van der Waals surface area contributed by atoms with E-state index < -0.39 is 11.7 Å². The Morgan fingerprint density at radius 3 is 2.57 bits per heavy atom. The quantitative estimate of drug-likeness (QED) is 0.834.